The molecule has 0 radical (unpaired) electrons. The zero-order valence-corrected chi connectivity index (χ0v) is 24.3. The second-order valence-electron chi connectivity index (χ2n) is 10.5. The number of carbonyl (C=O) groups excluding carboxylic acids is 2. The molecule has 0 bridgehead atoms. The number of amides is 1. The van der Waals surface area contributed by atoms with Crippen LogP contribution in [0.4, 0.5) is 10.1 Å². The highest BCUT2D eigenvalue weighted by molar-refractivity contribution is 6.12. The van der Waals surface area contributed by atoms with Crippen molar-refractivity contribution in [2.24, 2.45) is 0 Å². The third-order valence-electron chi connectivity index (χ3n) is 8.03. The van der Waals surface area contributed by atoms with Crippen LogP contribution in [-0.2, 0) is 16.1 Å². The predicted octanol–water partition coefficient (Wildman–Crippen LogP) is 6.08. The lowest BCUT2D eigenvalue weighted by atomic mass is 10.0. The number of morpholine rings is 1. The fourth-order valence-electron chi connectivity index (χ4n) is 5.58. The number of nitrogens with zero attached hydrogens (tertiary/aromatic N) is 1. The van der Waals surface area contributed by atoms with Crippen LogP contribution in [0, 0.1) is 5.82 Å². The topological polar surface area (TPSA) is 99.5 Å². The first kappa shape index (κ1) is 28.5. The largest absolute Gasteiger partial charge is 0.487 e. The second-order valence-corrected chi connectivity index (χ2v) is 10.5. The maximum atomic E-state index is 13.7. The van der Waals surface area contributed by atoms with Crippen LogP contribution in [0.2, 0.25) is 0 Å². The molecular weight excluding hydrogens is 555 g/mol. The van der Waals surface area contributed by atoms with Gasteiger partial charge in [0.2, 0.25) is 0 Å². The van der Waals surface area contributed by atoms with E-state index in [1.165, 1.54) is 12.1 Å². The Morgan fingerprint density at radius 2 is 1.79 bits per heavy atom. The average molecular weight is 589 g/mol. The highest BCUT2D eigenvalue weighted by Gasteiger charge is 2.40. The Morgan fingerprint density at radius 3 is 2.49 bits per heavy atom. The lowest BCUT2D eigenvalue weighted by molar-refractivity contribution is -0.158. The van der Waals surface area contributed by atoms with Crippen molar-refractivity contribution in [3.63, 3.8) is 0 Å². The quantitative estimate of drug-likeness (QED) is 0.247. The molecule has 3 aromatic carbocycles. The maximum absolute atomic E-state index is 13.7. The van der Waals surface area contributed by atoms with E-state index < -0.39 is 11.8 Å². The summed E-state index contributed by atoms with van der Waals surface area (Å²) < 4.78 is 43.9. The number of cyclic esters (lactones) is 1. The van der Waals surface area contributed by atoms with Gasteiger partial charge in [-0.3, -0.25) is 4.79 Å². The fraction of sp³-hybridized carbons (Fsp3) is 0.333. The molecule has 1 aromatic heterocycles. The molecule has 3 heterocycles. The van der Waals surface area contributed by atoms with Crippen LogP contribution in [0.15, 0.2) is 59.0 Å². The minimum absolute atomic E-state index is 0.0493. The van der Waals surface area contributed by atoms with E-state index in [0.29, 0.717) is 89.6 Å². The van der Waals surface area contributed by atoms with Crippen LogP contribution >= 0.6 is 0 Å². The Balaban J connectivity index is 1.43. The number of carbonyl (C=O) groups is 2. The van der Waals surface area contributed by atoms with Gasteiger partial charge in [-0.25, -0.2) is 9.18 Å². The first-order valence-corrected chi connectivity index (χ1v) is 14.4. The van der Waals surface area contributed by atoms with Crippen molar-refractivity contribution in [2.45, 2.75) is 39.1 Å². The van der Waals surface area contributed by atoms with Crippen molar-refractivity contribution in [1.82, 2.24) is 5.32 Å². The molecule has 1 amide bonds. The fourth-order valence-corrected chi connectivity index (χ4v) is 5.58. The summed E-state index contributed by atoms with van der Waals surface area (Å²) in [5.41, 5.74) is 3.07. The van der Waals surface area contributed by atoms with Crippen molar-refractivity contribution in [3.05, 3.63) is 77.1 Å². The van der Waals surface area contributed by atoms with Gasteiger partial charge >= 0.3 is 5.97 Å². The van der Waals surface area contributed by atoms with E-state index in [1.54, 1.807) is 31.3 Å². The normalized spacial score (nSPS) is 15.9. The zero-order chi connectivity index (χ0) is 30.1. The Kier molecular flexibility index (Phi) is 7.70. The van der Waals surface area contributed by atoms with Crippen molar-refractivity contribution >= 4 is 28.5 Å². The van der Waals surface area contributed by atoms with Gasteiger partial charge in [0, 0.05) is 55.6 Å². The van der Waals surface area contributed by atoms with Gasteiger partial charge in [0.25, 0.3) is 11.7 Å². The number of fused-ring (bicyclic) bond motifs is 2. The van der Waals surface area contributed by atoms with E-state index in [2.05, 4.69) is 10.2 Å². The Bertz CT molecular complexity index is 1670. The van der Waals surface area contributed by atoms with Gasteiger partial charge in [-0.2, -0.15) is 0 Å². The number of hydrogen-bond donors (Lipinski definition) is 1. The summed E-state index contributed by atoms with van der Waals surface area (Å²) in [6.07, 6.45) is 1.05. The van der Waals surface area contributed by atoms with Crippen molar-refractivity contribution in [2.75, 3.05) is 38.3 Å². The lowest BCUT2D eigenvalue weighted by Crippen LogP contribution is -2.44. The third kappa shape index (κ3) is 5.27. The summed E-state index contributed by atoms with van der Waals surface area (Å²) in [6.45, 7) is 6.25. The molecule has 1 saturated heterocycles. The van der Waals surface area contributed by atoms with Crippen molar-refractivity contribution < 1.29 is 37.3 Å². The van der Waals surface area contributed by atoms with Crippen LogP contribution < -0.4 is 19.7 Å². The second kappa shape index (κ2) is 11.6. The molecule has 0 saturated carbocycles. The molecule has 2 aliphatic heterocycles. The predicted molar refractivity (Wildman–Crippen MR) is 158 cm³/mol. The summed E-state index contributed by atoms with van der Waals surface area (Å²) in [6, 6.07) is 14.8. The summed E-state index contributed by atoms with van der Waals surface area (Å²) in [5.74, 6) is -0.886. The van der Waals surface area contributed by atoms with Gasteiger partial charge < -0.3 is 33.6 Å². The molecule has 10 heteroatoms. The highest BCUT2D eigenvalue weighted by Crippen LogP contribution is 2.42. The molecule has 0 spiro atoms. The number of ether oxygens (including phenoxy) is 4. The van der Waals surface area contributed by atoms with Crippen LogP contribution in [0.3, 0.4) is 0 Å². The molecule has 0 unspecified atom stereocenters. The first-order chi connectivity index (χ1) is 20.9. The van der Waals surface area contributed by atoms with Crippen LogP contribution in [0.25, 0.3) is 22.3 Å². The number of esters is 1. The Hall–Kier alpha value is -4.57. The van der Waals surface area contributed by atoms with Gasteiger partial charge in [-0.05, 0) is 36.4 Å². The van der Waals surface area contributed by atoms with Gasteiger partial charge in [-0.1, -0.05) is 26.0 Å². The minimum atomic E-state index is -0.988. The van der Waals surface area contributed by atoms with Crippen LogP contribution in [-0.4, -0.2) is 51.0 Å². The van der Waals surface area contributed by atoms with Gasteiger partial charge in [0.1, 0.15) is 40.8 Å². The summed E-state index contributed by atoms with van der Waals surface area (Å²) in [4.78, 5) is 28.5. The van der Waals surface area contributed by atoms with E-state index in [1.807, 2.05) is 32.0 Å². The van der Waals surface area contributed by atoms with Crippen LogP contribution in [0.5, 0.6) is 11.5 Å². The van der Waals surface area contributed by atoms with E-state index in [9.17, 15) is 14.0 Å². The maximum Gasteiger partial charge on any atom is 0.345 e. The molecule has 4 aromatic rings. The minimum Gasteiger partial charge on any atom is -0.487 e. The number of benzene rings is 3. The number of hydrogen-bond acceptors (Lipinski definition) is 8. The van der Waals surface area contributed by atoms with Gasteiger partial charge in [0.05, 0.1) is 24.5 Å². The summed E-state index contributed by atoms with van der Waals surface area (Å²) in [7, 11) is 1.54. The summed E-state index contributed by atoms with van der Waals surface area (Å²) >= 11 is 0. The molecule has 0 atom stereocenters. The standard InChI is InChI=1S/C33H33FN2O7/c1-4-33(5-2)42-25-8-6-7-21(28(25)32(38)43-33)19-40-27-17-23-26(18-24(27)36-13-15-39-16-14-36)41-30(29(23)31(37)35-3)20-9-11-22(34)12-10-20/h6-12,17-18H,4-5,13-16,19H2,1-3H3,(H,35,37). The average Bonchev–Trinajstić information content (AvgIpc) is 3.41. The molecular formula is C33H33FN2O7. The number of anilines is 1. The number of rotatable bonds is 8. The number of furan rings is 1. The molecule has 6 rings (SSSR count). The highest BCUT2D eigenvalue weighted by atomic mass is 19.1. The van der Waals surface area contributed by atoms with E-state index in [-0.39, 0.29) is 18.3 Å². The smallest absolute Gasteiger partial charge is 0.345 e. The molecule has 9 nitrogen and oxygen atoms in total. The first-order valence-electron chi connectivity index (χ1n) is 14.4. The van der Waals surface area contributed by atoms with E-state index in [4.69, 9.17) is 23.4 Å². The molecule has 1 fully saturated rings. The van der Waals surface area contributed by atoms with Gasteiger partial charge in [-0.15, -0.1) is 0 Å². The van der Waals surface area contributed by atoms with Crippen molar-refractivity contribution in [1.29, 1.82) is 0 Å². The monoisotopic (exact) mass is 588 g/mol. The van der Waals surface area contributed by atoms with Gasteiger partial charge in [0.15, 0.2) is 0 Å². The molecule has 224 valence electrons. The number of nitrogens with one attached hydrogen (secondary N) is 1. The van der Waals surface area contributed by atoms with E-state index in [0.717, 1.165) is 5.69 Å². The Morgan fingerprint density at radius 1 is 1.05 bits per heavy atom. The molecule has 43 heavy (non-hydrogen) atoms. The third-order valence-corrected chi connectivity index (χ3v) is 8.03. The number of halogens is 1. The summed E-state index contributed by atoms with van der Waals surface area (Å²) in [5, 5.41) is 3.23. The van der Waals surface area contributed by atoms with E-state index >= 15 is 0 Å². The van der Waals surface area contributed by atoms with Crippen LogP contribution in [0.1, 0.15) is 53.0 Å². The Labute approximate surface area is 248 Å². The molecule has 2 aliphatic rings. The SMILES string of the molecule is CCC1(CC)OC(=O)c2c(COc3cc4c(C(=O)NC)c(-c5ccc(F)cc5)oc4cc3N3CCOCC3)cccc2O1. The molecule has 1 N–H and O–H groups in total. The van der Waals surface area contributed by atoms with Crippen molar-refractivity contribution in [3.8, 4) is 22.8 Å². The molecule has 0 aliphatic carbocycles. The lowest BCUT2D eigenvalue weighted by Gasteiger charge is -2.36. The zero-order valence-electron chi connectivity index (χ0n) is 24.3.